The summed E-state index contributed by atoms with van der Waals surface area (Å²) in [7, 11) is 0. The number of likely N-dealkylation sites (tertiary alicyclic amines) is 1. The molecule has 0 bridgehead atoms. The molecule has 2 aliphatic heterocycles. The van der Waals surface area contributed by atoms with Gasteiger partial charge in [0.05, 0.1) is 18.2 Å². The number of aliphatic hydroxyl groups is 1. The standard InChI is InChI=1S/C17H21FN2O3/c18-13-6-1-2-7-14(13)20-16(22)11-15(17(20)23)19-9-4-3-5-12(19)8-10-21/h1-2,6-7,12,15,21H,3-5,8-11H2. The van der Waals surface area contributed by atoms with Crippen LogP contribution in [0.1, 0.15) is 32.1 Å². The van der Waals surface area contributed by atoms with Crippen molar-refractivity contribution in [1.29, 1.82) is 0 Å². The largest absolute Gasteiger partial charge is 0.396 e. The molecule has 2 heterocycles. The summed E-state index contributed by atoms with van der Waals surface area (Å²) >= 11 is 0. The molecule has 2 aliphatic rings. The predicted molar refractivity (Wildman–Crippen MR) is 83.3 cm³/mol. The second-order valence-electron chi connectivity index (χ2n) is 6.14. The molecule has 2 fully saturated rings. The van der Waals surface area contributed by atoms with E-state index in [0.29, 0.717) is 6.42 Å². The molecule has 1 N–H and O–H groups in total. The van der Waals surface area contributed by atoms with Gasteiger partial charge in [-0.1, -0.05) is 18.6 Å². The van der Waals surface area contributed by atoms with Crippen molar-refractivity contribution in [3.05, 3.63) is 30.1 Å². The molecule has 2 atom stereocenters. The van der Waals surface area contributed by atoms with Gasteiger partial charge >= 0.3 is 0 Å². The second kappa shape index (κ2) is 6.76. The summed E-state index contributed by atoms with van der Waals surface area (Å²) in [4.78, 5) is 28.1. The van der Waals surface area contributed by atoms with Gasteiger partial charge in [-0.25, -0.2) is 9.29 Å². The van der Waals surface area contributed by atoms with Crippen LogP contribution in [0.3, 0.4) is 0 Å². The molecular formula is C17H21FN2O3. The molecule has 2 unspecified atom stereocenters. The maximum atomic E-state index is 14.0. The second-order valence-corrected chi connectivity index (χ2v) is 6.14. The third-order valence-electron chi connectivity index (χ3n) is 4.75. The van der Waals surface area contributed by atoms with Gasteiger partial charge in [0.1, 0.15) is 5.82 Å². The Hall–Kier alpha value is -1.79. The van der Waals surface area contributed by atoms with Crippen LogP contribution in [0.25, 0.3) is 0 Å². The third kappa shape index (κ3) is 3.01. The highest BCUT2D eigenvalue weighted by Gasteiger charge is 2.45. The minimum atomic E-state index is -0.569. The number of piperidine rings is 1. The number of hydrogen-bond acceptors (Lipinski definition) is 4. The van der Waals surface area contributed by atoms with E-state index >= 15 is 0 Å². The molecule has 0 aromatic heterocycles. The topological polar surface area (TPSA) is 60.9 Å². The molecule has 5 nitrogen and oxygen atoms in total. The Balaban J connectivity index is 1.84. The van der Waals surface area contributed by atoms with E-state index in [9.17, 15) is 19.1 Å². The van der Waals surface area contributed by atoms with Crippen LogP contribution in [0.2, 0.25) is 0 Å². The number of hydrogen-bond donors (Lipinski definition) is 1. The van der Waals surface area contributed by atoms with Crippen LogP contribution < -0.4 is 4.90 Å². The van der Waals surface area contributed by atoms with Crippen molar-refractivity contribution in [2.45, 2.75) is 44.2 Å². The van der Waals surface area contributed by atoms with Crippen LogP contribution in [-0.2, 0) is 9.59 Å². The molecule has 6 heteroatoms. The number of benzene rings is 1. The summed E-state index contributed by atoms with van der Waals surface area (Å²) in [5.41, 5.74) is 0.0284. The highest BCUT2D eigenvalue weighted by atomic mass is 19.1. The van der Waals surface area contributed by atoms with E-state index in [1.165, 1.54) is 18.2 Å². The Bertz CT molecular complexity index is 605. The van der Waals surface area contributed by atoms with Crippen LogP contribution in [0.4, 0.5) is 10.1 Å². The van der Waals surface area contributed by atoms with E-state index in [2.05, 4.69) is 0 Å². The zero-order valence-electron chi connectivity index (χ0n) is 12.9. The number of carbonyl (C=O) groups excluding carboxylic acids is 2. The van der Waals surface area contributed by atoms with Crippen LogP contribution in [0.5, 0.6) is 0 Å². The van der Waals surface area contributed by atoms with Crippen molar-refractivity contribution in [2.75, 3.05) is 18.1 Å². The minimum absolute atomic E-state index is 0.0284. The van der Waals surface area contributed by atoms with E-state index in [-0.39, 0.29) is 36.6 Å². The van der Waals surface area contributed by atoms with Crippen LogP contribution in [0, 0.1) is 5.82 Å². The lowest BCUT2D eigenvalue weighted by Crippen LogP contribution is -2.50. The number of imide groups is 1. The first kappa shape index (κ1) is 16.1. The van der Waals surface area contributed by atoms with Crippen LogP contribution >= 0.6 is 0 Å². The molecule has 0 aliphatic carbocycles. The van der Waals surface area contributed by atoms with Gasteiger partial charge < -0.3 is 5.11 Å². The molecule has 124 valence electrons. The summed E-state index contributed by atoms with van der Waals surface area (Å²) in [5.74, 6) is -1.29. The van der Waals surface area contributed by atoms with E-state index in [0.717, 1.165) is 30.7 Å². The highest BCUT2D eigenvalue weighted by molar-refractivity contribution is 6.22. The lowest BCUT2D eigenvalue weighted by atomic mass is 9.97. The van der Waals surface area contributed by atoms with Crippen molar-refractivity contribution in [2.24, 2.45) is 0 Å². The molecule has 0 radical (unpaired) electrons. The molecule has 2 amide bonds. The van der Waals surface area contributed by atoms with Gasteiger partial charge in [0.2, 0.25) is 5.91 Å². The first-order chi connectivity index (χ1) is 11.1. The average molecular weight is 320 g/mol. The maximum absolute atomic E-state index is 14.0. The quantitative estimate of drug-likeness (QED) is 0.858. The first-order valence-electron chi connectivity index (χ1n) is 8.11. The number of nitrogens with zero attached hydrogens (tertiary/aromatic N) is 2. The molecule has 0 saturated carbocycles. The van der Waals surface area contributed by atoms with Gasteiger partial charge in [0.25, 0.3) is 5.91 Å². The van der Waals surface area contributed by atoms with Gasteiger partial charge in [-0.2, -0.15) is 0 Å². The van der Waals surface area contributed by atoms with Crippen molar-refractivity contribution in [3.8, 4) is 0 Å². The number of halogens is 1. The summed E-state index contributed by atoms with van der Waals surface area (Å²) < 4.78 is 14.0. The van der Waals surface area contributed by atoms with E-state index in [4.69, 9.17) is 0 Å². The number of aliphatic hydroxyl groups excluding tert-OH is 1. The number of rotatable bonds is 4. The van der Waals surface area contributed by atoms with Crippen LogP contribution in [-0.4, -0.2) is 47.1 Å². The van der Waals surface area contributed by atoms with Crippen molar-refractivity contribution >= 4 is 17.5 Å². The molecule has 2 saturated heterocycles. The SMILES string of the molecule is O=C1CC(N2CCCCC2CCO)C(=O)N1c1ccccc1F. The lowest BCUT2D eigenvalue weighted by molar-refractivity contribution is -0.124. The Labute approximate surface area is 134 Å². The fraction of sp³-hybridized carbons (Fsp3) is 0.529. The molecule has 23 heavy (non-hydrogen) atoms. The summed E-state index contributed by atoms with van der Waals surface area (Å²) in [6.07, 6.45) is 3.62. The van der Waals surface area contributed by atoms with Gasteiger partial charge in [0.15, 0.2) is 0 Å². The third-order valence-corrected chi connectivity index (χ3v) is 4.75. The first-order valence-corrected chi connectivity index (χ1v) is 8.11. The monoisotopic (exact) mass is 320 g/mol. The van der Waals surface area contributed by atoms with E-state index in [1.54, 1.807) is 6.07 Å². The Morgan fingerprint density at radius 1 is 1.22 bits per heavy atom. The van der Waals surface area contributed by atoms with Gasteiger partial charge in [-0.05, 0) is 37.9 Å². The van der Waals surface area contributed by atoms with Gasteiger partial charge in [-0.3, -0.25) is 14.5 Å². The Kier molecular flexibility index (Phi) is 4.73. The highest BCUT2D eigenvalue weighted by Crippen LogP contribution is 2.31. The fourth-order valence-corrected chi connectivity index (χ4v) is 3.65. The smallest absolute Gasteiger partial charge is 0.251 e. The summed E-state index contributed by atoms with van der Waals surface area (Å²) in [5, 5.41) is 9.22. The lowest BCUT2D eigenvalue weighted by Gasteiger charge is -2.38. The number of anilines is 1. The number of amides is 2. The van der Waals surface area contributed by atoms with Crippen molar-refractivity contribution in [3.63, 3.8) is 0 Å². The molecule has 3 rings (SSSR count). The van der Waals surface area contributed by atoms with Crippen molar-refractivity contribution in [1.82, 2.24) is 4.90 Å². The molecule has 0 spiro atoms. The fourth-order valence-electron chi connectivity index (χ4n) is 3.65. The summed E-state index contributed by atoms with van der Waals surface area (Å²) in [6, 6.07) is 5.41. The summed E-state index contributed by atoms with van der Waals surface area (Å²) in [6.45, 7) is 0.798. The average Bonchev–Trinajstić information content (AvgIpc) is 2.84. The minimum Gasteiger partial charge on any atom is -0.396 e. The Morgan fingerprint density at radius 2 is 2.00 bits per heavy atom. The normalized spacial score (nSPS) is 26.1. The number of para-hydroxylation sites is 1. The predicted octanol–water partition coefficient (Wildman–Crippen LogP) is 1.69. The van der Waals surface area contributed by atoms with Gasteiger partial charge in [0, 0.05) is 12.6 Å². The number of carbonyl (C=O) groups is 2. The molecular weight excluding hydrogens is 299 g/mol. The van der Waals surface area contributed by atoms with Crippen molar-refractivity contribution < 1.29 is 19.1 Å². The molecule has 1 aromatic rings. The van der Waals surface area contributed by atoms with E-state index < -0.39 is 11.9 Å². The van der Waals surface area contributed by atoms with Gasteiger partial charge in [-0.15, -0.1) is 0 Å². The van der Waals surface area contributed by atoms with E-state index in [1.807, 2.05) is 4.90 Å². The zero-order chi connectivity index (χ0) is 16.4. The maximum Gasteiger partial charge on any atom is 0.251 e. The van der Waals surface area contributed by atoms with Crippen LogP contribution in [0.15, 0.2) is 24.3 Å². The molecule has 1 aromatic carbocycles. The Morgan fingerprint density at radius 3 is 2.74 bits per heavy atom. The zero-order valence-corrected chi connectivity index (χ0v) is 12.9.